The molecule has 134 valence electrons. The number of rotatable bonds is 4. The van der Waals surface area contributed by atoms with Gasteiger partial charge in [0, 0.05) is 17.5 Å². The summed E-state index contributed by atoms with van der Waals surface area (Å²) in [6.07, 6.45) is 3.82. The fourth-order valence-corrected chi connectivity index (χ4v) is 3.57. The first-order chi connectivity index (χ1) is 12.7. The van der Waals surface area contributed by atoms with Gasteiger partial charge in [-0.2, -0.15) is 0 Å². The van der Waals surface area contributed by atoms with Crippen LogP contribution in [0.1, 0.15) is 29.2 Å². The minimum absolute atomic E-state index is 0.0902. The number of nitrogens with one attached hydrogen (secondary N) is 1. The average Bonchev–Trinajstić information content (AvgIpc) is 3.26. The minimum atomic E-state index is -0.540. The number of aromatic nitrogens is 4. The molecule has 2 aromatic heterocycles. The molecule has 1 aliphatic carbocycles. The molecule has 8 heteroatoms. The van der Waals surface area contributed by atoms with Gasteiger partial charge in [0.2, 0.25) is 0 Å². The molecule has 1 fully saturated rings. The van der Waals surface area contributed by atoms with Crippen LogP contribution in [0, 0.1) is 5.92 Å². The van der Waals surface area contributed by atoms with Crippen LogP contribution in [-0.4, -0.2) is 48.4 Å². The summed E-state index contributed by atoms with van der Waals surface area (Å²) >= 11 is 0. The van der Waals surface area contributed by atoms with Crippen LogP contribution in [0.3, 0.4) is 0 Å². The number of hydrogen-bond acceptors (Lipinski definition) is 6. The van der Waals surface area contributed by atoms with Crippen LogP contribution in [0.4, 0.5) is 5.82 Å². The van der Waals surface area contributed by atoms with Gasteiger partial charge < -0.3 is 20.1 Å². The zero-order valence-corrected chi connectivity index (χ0v) is 14.0. The van der Waals surface area contributed by atoms with Crippen molar-refractivity contribution in [2.24, 2.45) is 5.92 Å². The Balaban J connectivity index is 1.66. The van der Waals surface area contributed by atoms with Crippen molar-refractivity contribution in [3.05, 3.63) is 48.5 Å². The number of carbonyl (C=O) groups excluding carboxylic acids is 1. The average molecular weight is 353 g/mol. The van der Waals surface area contributed by atoms with Gasteiger partial charge in [0.25, 0.3) is 5.91 Å². The molecule has 0 saturated heterocycles. The third-order valence-electron chi connectivity index (χ3n) is 4.94. The second-order valence-electron chi connectivity index (χ2n) is 6.42. The van der Waals surface area contributed by atoms with Gasteiger partial charge in [-0.1, -0.05) is 18.2 Å². The molecule has 1 amide bonds. The summed E-state index contributed by atoms with van der Waals surface area (Å²) in [5.74, 6) is -0.198. The summed E-state index contributed by atoms with van der Waals surface area (Å²) in [5.41, 5.74) is 1.58. The van der Waals surface area contributed by atoms with Gasteiger partial charge in [-0.25, -0.2) is 15.0 Å². The van der Waals surface area contributed by atoms with E-state index in [0.29, 0.717) is 29.0 Å². The lowest BCUT2D eigenvalue weighted by Gasteiger charge is -2.21. The van der Waals surface area contributed by atoms with E-state index in [2.05, 4.69) is 20.3 Å². The van der Waals surface area contributed by atoms with E-state index >= 15 is 0 Å². The molecule has 3 N–H and O–H groups in total. The Morgan fingerprint density at radius 1 is 1.19 bits per heavy atom. The van der Waals surface area contributed by atoms with Crippen LogP contribution < -0.4 is 5.32 Å². The second-order valence-corrected chi connectivity index (χ2v) is 6.42. The number of aliphatic hydroxyl groups excluding tert-OH is 2. The summed E-state index contributed by atoms with van der Waals surface area (Å²) in [4.78, 5) is 25.2. The predicted molar refractivity (Wildman–Crippen MR) is 94.6 cm³/mol. The molecular weight excluding hydrogens is 334 g/mol. The number of imidazole rings is 1. The highest BCUT2D eigenvalue weighted by Gasteiger charge is 2.36. The lowest BCUT2D eigenvalue weighted by molar-refractivity contribution is 0.0747. The SMILES string of the molecule is O=C(Nc1ncnc2c1ncn2[C@H]1CC[C@H](O)[C@H]1CO)c1ccccc1. The number of carbonyl (C=O) groups is 1. The van der Waals surface area contributed by atoms with Crippen molar-refractivity contribution < 1.29 is 15.0 Å². The summed E-state index contributed by atoms with van der Waals surface area (Å²) < 4.78 is 1.85. The maximum absolute atomic E-state index is 12.4. The normalized spacial score (nSPS) is 22.6. The molecule has 0 radical (unpaired) electrons. The molecule has 1 aromatic carbocycles. The maximum Gasteiger partial charge on any atom is 0.256 e. The number of hydrogen-bond donors (Lipinski definition) is 3. The van der Waals surface area contributed by atoms with Gasteiger partial charge in [-0.05, 0) is 25.0 Å². The summed E-state index contributed by atoms with van der Waals surface area (Å²) in [5, 5.41) is 22.4. The van der Waals surface area contributed by atoms with Crippen molar-refractivity contribution in [3.8, 4) is 0 Å². The quantitative estimate of drug-likeness (QED) is 0.653. The number of nitrogens with zero attached hydrogens (tertiary/aromatic N) is 4. The predicted octanol–water partition coefficient (Wildman–Crippen LogP) is 1.38. The van der Waals surface area contributed by atoms with E-state index in [1.807, 2.05) is 10.6 Å². The molecule has 26 heavy (non-hydrogen) atoms. The summed E-state index contributed by atoms with van der Waals surface area (Å²) in [6.45, 7) is -0.103. The van der Waals surface area contributed by atoms with Gasteiger partial charge >= 0.3 is 0 Å². The number of benzene rings is 1. The third-order valence-corrected chi connectivity index (χ3v) is 4.94. The Morgan fingerprint density at radius 2 is 2.00 bits per heavy atom. The zero-order valence-electron chi connectivity index (χ0n) is 14.0. The number of anilines is 1. The summed E-state index contributed by atoms with van der Waals surface area (Å²) in [7, 11) is 0. The Kier molecular flexibility index (Phi) is 4.36. The molecule has 1 saturated carbocycles. The van der Waals surface area contributed by atoms with Gasteiger partial charge in [-0.15, -0.1) is 0 Å². The maximum atomic E-state index is 12.4. The van der Waals surface area contributed by atoms with Crippen LogP contribution in [0.25, 0.3) is 11.2 Å². The molecule has 4 rings (SSSR count). The smallest absolute Gasteiger partial charge is 0.256 e. The van der Waals surface area contributed by atoms with Gasteiger partial charge in [0.1, 0.15) is 6.33 Å². The van der Waals surface area contributed by atoms with E-state index in [0.717, 1.165) is 6.42 Å². The Hall–Kier alpha value is -2.84. The molecular formula is C18H19N5O3. The van der Waals surface area contributed by atoms with Crippen molar-refractivity contribution in [3.63, 3.8) is 0 Å². The van der Waals surface area contributed by atoms with Crippen molar-refractivity contribution in [2.75, 3.05) is 11.9 Å². The third kappa shape index (κ3) is 2.83. The largest absolute Gasteiger partial charge is 0.396 e. The molecule has 2 heterocycles. The first-order valence-electron chi connectivity index (χ1n) is 8.52. The van der Waals surface area contributed by atoms with E-state index < -0.39 is 6.10 Å². The van der Waals surface area contributed by atoms with Crippen LogP contribution in [0.5, 0.6) is 0 Å². The van der Waals surface area contributed by atoms with Gasteiger partial charge in [-0.3, -0.25) is 4.79 Å². The first kappa shape index (κ1) is 16.6. The molecule has 0 unspecified atom stereocenters. The van der Waals surface area contributed by atoms with Crippen molar-refractivity contribution in [1.29, 1.82) is 0 Å². The minimum Gasteiger partial charge on any atom is -0.396 e. The molecule has 0 bridgehead atoms. The zero-order chi connectivity index (χ0) is 18.1. The molecule has 3 atom stereocenters. The van der Waals surface area contributed by atoms with E-state index in [1.165, 1.54) is 6.33 Å². The molecule has 8 nitrogen and oxygen atoms in total. The van der Waals surface area contributed by atoms with E-state index in [9.17, 15) is 15.0 Å². The fourth-order valence-electron chi connectivity index (χ4n) is 3.57. The topological polar surface area (TPSA) is 113 Å². The molecule has 0 aliphatic heterocycles. The van der Waals surface area contributed by atoms with E-state index in [4.69, 9.17) is 0 Å². The standard InChI is InChI=1S/C18H19N5O3/c24-8-12-13(6-7-14(12)25)23-10-21-15-16(19-9-20-17(15)23)22-18(26)11-4-2-1-3-5-11/h1-5,9-10,12-14,24-25H,6-8H2,(H,19,20,22,26)/t12-,13-,14-/m0/s1. The summed E-state index contributed by atoms with van der Waals surface area (Å²) in [6, 6.07) is 8.78. The molecule has 1 aliphatic rings. The highest BCUT2D eigenvalue weighted by atomic mass is 16.3. The molecule has 0 spiro atoms. The Labute approximate surface area is 149 Å². The van der Waals surface area contributed by atoms with Crippen LogP contribution in [-0.2, 0) is 0 Å². The van der Waals surface area contributed by atoms with Crippen LogP contribution in [0.15, 0.2) is 43.0 Å². The van der Waals surface area contributed by atoms with Crippen molar-refractivity contribution >= 4 is 22.9 Å². The second kappa shape index (κ2) is 6.81. The number of amides is 1. The highest BCUT2D eigenvalue weighted by Crippen LogP contribution is 2.37. The van der Waals surface area contributed by atoms with Crippen LogP contribution in [0.2, 0.25) is 0 Å². The number of fused-ring (bicyclic) bond motifs is 1. The first-order valence-corrected chi connectivity index (χ1v) is 8.52. The van der Waals surface area contributed by atoms with Gasteiger partial charge in [0.15, 0.2) is 17.0 Å². The van der Waals surface area contributed by atoms with E-state index in [1.54, 1.807) is 30.6 Å². The molecule has 3 aromatic rings. The lowest BCUT2D eigenvalue weighted by Crippen LogP contribution is -2.25. The van der Waals surface area contributed by atoms with E-state index in [-0.39, 0.29) is 24.5 Å². The van der Waals surface area contributed by atoms with Crippen molar-refractivity contribution in [1.82, 2.24) is 19.5 Å². The Morgan fingerprint density at radius 3 is 2.77 bits per heavy atom. The highest BCUT2D eigenvalue weighted by molar-refractivity contribution is 6.06. The lowest BCUT2D eigenvalue weighted by atomic mass is 10.0. The van der Waals surface area contributed by atoms with Crippen molar-refractivity contribution in [2.45, 2.75) is 25.0 Å². The fraction of sp³-hybridized carbons (Fsp3) is 0.333. The Bertz CT molecular complexity index is 927. The van der Waals surface area contributed by atoms with Gasteiger partial charge in [0.05, 0.1) is 19.0 Å². The monoisotopic (exact) mass is 353 g/mol. The van der Waals surface area contributed by atoms with Crippen LogP contribution >= 0.6 is 0 Å². The number of aliphatic hydroxyl groups is 2.